The summed E-state index contributed by atoms with van der Waals surface area (Å²) >= 11 is 0. The Morgan fingerprint density at radius 2 is 2.20 bits per heavy atom. The van der Waals surface area contributed by atoms with Gasteiger partial charge in [-0.15, -0.1) is 10.2 Å². The van der Waals surface area contributed by atoms with Gasteiger partial charge in [0.15, 0.2) is 5.65 Å². The number of aromatic nitrogens is 3. The van der Waals surface area contributed by atoms with Crippen LogP contribution in [-0.2, 0) is 0 Å². The first-order valence-electron chi connectivity index (χ1n) is 4.67. The molecule has 1 N–H and O–H groups in total. The Bertz CT molecular complexity index is 516. The lowest BCUT2D eigenvalue weighted by atomic mass is 10.2. The normalized spacial score (nSPS) is 11.1. The number of fused-ring (bicyclic) bond motifs is 1. The van der Waals surface area contributed by atoms with Gasteiger partial charge >= 0.3 is 5.97 Å². The number of carboxylic acids is 1. The summed E-state index contributed by atoms with van der Waals surface area (Å²) in [7, 11) is 0. The van der Waals surface area contributed by atoms with Crippen LogP contribution in [0.25, 0.3) is 5.65 Å². The summed E-state index contributed by atoms with van der Waals surface area (Å²) in [6, 6.07) is 3.06. The highest BCUT2D eigenvalue weighted by Gasteiger charge is 2.11. The third kappa shape index (κ3) is 1.56. The average Bonchev–Trinajstić information content (AvgIpc) is 2.59. The number of nitrogens with zero attached hydrogens (tertiary/aromatic N) is 3. The molecule has 15 heavy (non-hydrogen) atoms. The Hall–Kier alpha value is -1.91. The van der Waals surface area contributed by atoms with Crippen molar-refractivity contribution < 1.29 is 9.90 Å². The molecule has 0 amide bonds. The molecule has 2 aromatic heterocycles. The number of hydrogen-bond acceptors (Lipinski definition) is 3. The fourth-order valence-electron chi connectivity index (χ4n) is 1.44. The Morgan fingerprint density at radius 1 is 1.47 bits per heavy atom. The minimum Gasteiger partial charge on any atom is -0.478 e. The molecule has 2 heterocycles. The van der Waals surface area contributed by atoms with Crippen molar-refractivity contribution in [2.45, 2.75) is 19.8 Å². The van der Waals surface area contributed by atoms with Crippen LogP contribution in [0.4, 0.5) is 0 Å². The van der Waals surface area contributed by atoms with E-state index in [1.165, 1.54) is 6.07 Å². The minimum absolute atomic E-state index is 0.227. The Balaban J connectivity index is 2.61. The third-order valence-corrected chi connectivity index (χ3v) is 2.20. The van der Waals surface area contributed by atoms with Crippen molar-refractivity contribution in [1.29, 1.82) is 0 Å². The molecule has 0 aliphatic carbocycles. The van der Waals surface area contributed by atoms with Crippen LogP contribution in [-0.4, -0.2) is 25.7 Å². The first kappa shape index (κ1) is 9.64. The molecule has 0 saturated carbocycles. The van der Waals surface area contributed by atoms with Crippen molar-refractivity contribution in [1.82, 2.24) is 14.6 Å². The molecule has 0 aromatic carbocycles. The maximum Gasteiger partial charge on any atom is 0.335 e. The van der Waals surface area contributed by atoms with Gasteiger partial charge in [-0.3, -0.25) is 4.40 Å². The predicted octanol–water partition coefficient (Wildman–Crippen LogP) is 1.55. The number of rotatable bonds is 2. The van der Waals surface area contributed by atoms with E-state index in [-0.39, 0.29) is 11.5 Å². The predicted molar refractivity (Wildman–Crippen MR) is 54.0 cm³/mol. The molecular formula is C10H11N3O2. The van der Waals surface area contributed by atoms with Crippen LogP contribution in [0.2, 0.25) is 0 Å². The molecule has 0 radical (unpaired) electrons. The van der Waals surface area contributed by atoms with Crippen molar-refractivity contribution in [2.24, 2.45) is 0 Å². The van der Waals surface area contributed by atoms with Gasteiger partial charge < -0.3 is 5.11 Å². The molecule has 0 aliphatic rings. The van der Waals surface area contributed by atoms with Crippen molar-refractivity contribution in [2.75, 3.05) is 0 Å². The third-order valence-electron chi connectivity index (χ3n) is 2.20. The minimum atomic E-state index is -0.952. The summed E-state index contributed by atoms with van der Waals surface area (Å²) in [4.78, 5) is 10.7. The van der Waals surface area contributed by atoms with Crippen LogP contribution in [0, 0.1) is 0 Å². The van der Waals surface area contributed by atoms with Gasteiger partial charge in [-0.05, 0) is 12.1 Å². The lowest BCUT2D eigenvalue weighted by molar-refractivity contribution is 0.0697. The molecule has 78 valence electrons. The van der Waals surface area contributed by atoms with Gasteiger partial charge in [0, 0.05) is 12.1 Å². The van der Waals surface area contributed by atoms with Gasteiger partial charge in [0.2, 0.25) is 0 Å². The molecule has 0 atom stereocenters. The molecule has 0 spiro atoms. The van der Waals surface area contributed by atoms with E-state index in [2.05, 4.69) is 10.2 Å². The van der Waals surface area contributed by atoms with Crippen LogP contribution in [0.15, 0.2) is 18.3 Å². The largest absolute Gasteiger partial charge is 0.478 e. The van der Waals surface area contributed by atoms with Gasteiger partial charge in [0.1, 0.15) is 5.82 Å². The van der Waals surface area contributed by atoms with Crippen LogP contribution < -0.4 is 0 Å². The van der Waals surface area contributed by atoms with E-state index in [0.29, 0.717) is 5.65 Å². The Labute approximate surface area is 86.4 Å². The molecule has 5 heteroatoms. The molecule has 2 aromatic rings. The van der Waals surface area contributed by atoms with E-state index in [4.69, 9.17) is 5.11 Å². The van der Waals surface area contributed by atoms with Crippen molar-refractivity contribution >= 4 is 11.6 Å². The SMILES string of the molecule is CC(C)c1nnc2cc(C(=O)O)ccn12. The maximum absolute atomic E-state index is 10.7. The summed E-state index contributed by atoms with van der Waals surface area (Å²) in [5.74, 6) is 0.143. The quantitative estimate of drug-likeness (QED) is 0.807. The summed E-state index contributed by atoms with van der Waals surface area (Å²) in [5.41, 5.74) is 0.795. The molecule has 5 nitrogen and oxygen atoms in total. The van der Waals surface area contributed by atoms with Gasteiger partial charge in [-0.25, -0.2) is 4.79 Å². The second-order valence-corrected chi connectivity index (χ2v) is 3.66. The lowest BCUT2D eigenvalue weighted by Crippen LogP contribution is -2.00. The lowest BCUT2D eigenvalue weighted by Gasteiger charge is -2.02. The van der Waals surface area contributed by atoms with E-state index < -0.39 is 5.97 Å². The monoisotopic (exact) mass is 205 g/mol. The first-order valence-corrected chi connectivity index (χ1v) is 4.67. The van der Waals surface area contributed by atoms with Crippen molar-refractivity contribution in [3.05, 3.63) is 29.7 Å². The fraction of sp³-hybridized carbons (Fsp3) is 0.300. The molecular weight excluding hydrogens is 194 g/mol. The van der Waals surface area contributed by atoms with E-state index in [1.54, 1.807) is 16.7 Å². The molecule has 0 aliphatic heterocycles. The van der Waals surface area contributed by atoms with Gasteiger partial charge in [-0.2, -0.15) is 0 Å². The van der Waals surface area contributed by atoms with Crippen LogP contribution in [0.3, 0.4) is 0 Å². The van der Waals surface area contributed by atoms with Gasteiger partial charge in [0.05, 0.1) is 5.56 Å². The number of carbonyl (C=O) groups is 1. The van der Waals surface area contributed by atoms with E-state index >= 15 is 0 Å². The van der Waals surface area contributed by atoms with E-state index in [9.17, 15) is 4.79 Å². The Morgan fingerprint density at radius 3 is 2.80 bits per heavy atom. The smallest absolute Gasteiger partial charge is 0.335 e. The summed E-state index contributed by atoms with van der Waals surface area (Å²) in [6.45, 7) is 4.03. The highest BCUT2D eigenvalue weighted by molar-refractivity contribution is 5.88. The maximum atomic E-state index is 10.7. The first-order chi connectivity index (χ1) is 7.09. The zero-order valence-electron chi connectivity index (χ0n) is 8.51. The second-order valence-electron chi connectivity index (χ2n) is 3.66. The highest BCUT2D eigenvalue weighted by atomic mass is 16.4. The number of carboxylic acid groups (broad SMARTS) is 1. The fourth-order valence-corrected chi connectivity index (χ4v) is 1.44. The van der Waals surface area contributed by atoms with Crippen molar-refractivity contribution in [3.8, 4) is 0 Å². The van der Waals surface area contributed by atoms with Crippen LogP contribution in [0.1, 0.15) is 35.9 Å². The zero-order valence-corrected chi connectivity index (χ0v) is 8.51. The molecule has 0 unspecified atom stereocenters. The zero-order chi connectivity index (χ0) is 11.0. The van der Waals surface area contributed by atoms with Crippen molar-refractivity contribution in [3.63, 3.8) is 0 Å². The topological polar surface area (TPSA) is 67.5 Å². The summed E-state index contributed by atoms with van der Waals surface area (Å²) in [5, 5.41) is 16.8. The standard InChI is InChI=1S/C10H11N3O2/c1-6(2)9-12-11-8-5-7(10(14)15)3-4-13(8)9/h3-6H,1-2H3,(H,14,15). The number of pyridine rings is 1. The molecule has 0 saturated heterocycles. The average molecular weight is 205 g/mol. The summed E-state index contributed by atoms with van der Waals surface area (Å²) < 4.78 is 1.80. The second kappa shape index (κ2) is 3.34. The highest BCUT2D eigenvalue weighted by Crippen LogP contribution is 2.14. The van der Waals surface area contributed by atoms with Gasteiger partial charge in [0.25, 0.3) is 0 Å². The molecule has 0 fully saturated rings. The van der Waals surface area contributed by atoms with E-state index in [0.717, 1.165) is 5.82 Å². The van der Waals surface area contributed by atoms with E-state index in [1.807, 2.05) is 13.8 Å². The summed E-state index contributed by atoms with van der Waals surface area (Å²) in [6.07, 6.45) is 1.69. The van der Waals surface area contributed by atoms with Crippen LogP contribution in [0.5, 0.6) is 0 Å². The number of hydrogen-bond donors (Lipinski definition) is 1. The molecule has 0 bridgehead atoms. The number of aromatic carboxylic acids is 1. The Kier molecular flexibility index (Phi) is 2.15. The molecule has 2 rings (SSSR count). The van der Waals surface area contributed by atoms with Crippen LogP contribution >= 0.6 is 0 Å². The van der Waals surface area contributed by atoms with Gasteiger partial charge in [-0.1, -0.05) is 13.8 Å².